The van der Waals surface area contributed by atoms with Crippen LogP contribution in [0.3, 0.4) is 0 Å². The molecule has 0 atom stereocenters. The van der Waals surface area contributed by atoms with Crippen LogP contribution in [0.5, 0.6) is 0 Å². The van der Waals surface area contributed by atoms with Crippen LogP contribution >= 0.6 is 11.6 Å². The topological polar surface area (TPSA) is 84.3 Å². The Morgan fingerprint density at radius 1 is 1.21 bits per heavy atom. The lowest BCUT2D eigenvalue weighted by Gasteiger charge is -2.28. The van der Waals surface area contributed by atoms with Gasteiger partial charge in [0.15, 0.2) is 0 Å². The summed E-state index contributed by atoms with van der Waals surface area (Å²) in [6, 6.07) is 12.7. The van der Waals surface area contributed by atoms with E-state index in [0.717, 1.165) is 16.8 Å². The van der Waals surface area contributed by atoms with Gasteiger partial charge < -0.3 is 5.32 Å². The molecule has 1 aliphatic heterocycles. The molecule has 0 saturated carbocycles. The molecule has 1 amide bonds. The predicted molar refractivity (Wildman–Crippen MR) is 112 cm³/mol. The van der Waals surface area contributed by atoms with Gasteiger partial charge in [0.1, 0.15) is 0 Å². The summed E-state index contributed by atoms with van der Waals surface area (Å²) in [7, 11) is -3.25. The quantitative estimate of drug-likeness (QED) is 0.689. The number of amides is 1. The van der Waals surface area contributed by atoms with Gasteiger partial charge in [0.05, 0.1) is 23.7 Å². The molecule has 7 nitrogen and oxygen atoms in total. The van der Waals surface area contributed by atoms with Crippen LogP contribution < -0.4 is 5.32 Å². The first-order valence-corrected chi connectivity index (χ1v) is 11.2. The molecule has 2 heterocycles. The van der Waals surface area contributed by atoms with Gasteiger partial charge in [-0.25, -0.2) is 13.1 Å². The van der Waals surface area contributed by atoms with Crippen LogP contribution in [0, 0.1) is 0 Å². The van der Waals surface area contributed by atoms with Crippen molar-refractivity contribution in [2.45, 2.75) is 13.0 Å². The van der Waals surface area contributed by atoms with Crippen LogP contribution in [-0.4, -0.2) is 41.2 Å². The van der Waals surface area contributed by atoms with Crippen molar-refractivity contribution in [1.82, 2.24) is 14.1 Å². The number of nitrogens with one attached hydrogen (secondary N) is 1. The van der Waals surface area contributed by atoms with Gasteiger partial charge >= 0.3 is 0 Å². The van der Waals surface area contributed by atoms with Crippen molar-refractivity contribution in [1.29, 1.82) is 0 Å². The number of benzene rings is 2. The van der Waals surface area contributed by atoms with E-state index in [-0.39, 0.29) is 5.91 Å². The van der Waals surface area contributed by atoms with Crippen molar-refractivity contribution in [3.05, 3.63) is 76.6 Å². The van der Waals surface area contributed by atoms with Crippen molar-refractivity contribution in [3.8, 4) is 5.69 Å². The highest BCUT2D eigenvalue weighted by molar-refractivity contribution is 7.88. The van der Waals surface area contributed by atoms with Crippen molar-refractivity contribution >= 4 is 33.2 Å². The Morgan fingerprint density at radius 2 is 2.00 bits per heavy atom. The first-order chi connectivity index (χ1) is 13.8. The molecule has 9 heteroatoms. The number of fused-ring (bicyclic) bond motifs is 1. The molecular weight excluding hydrogens is 412 g/mol. The largest absolute Gasteiger partial charge is 0.322 e. The maximum atomic E-state index is 12.7. The second-order valence-corrected chi connectivity index (χ2v) is 9.32. The van der Waals surface area contributed by atoms with E-state index in [9.17, 15) is 13.2 Å². The summed E-state index contributed by atoms with van der Waals surface area (Å²) >= 11 is 6.02. The first-order valence-electron chi connectivity index (χ1n) is 8.99. The van der Waals surface area contributed by atoms with Crippen LogP contribution in [0.25, 0.3) is 5.69 Å². The lowest BCUT2D eigenvalue weighted by molar-refractivity contribution is 0.102. The highest BCUT2D eigenvalue weighted by Crippen LogP contribution is 2.27. The fraction of sp³-hybridized carbons (Fsp3) is 0.200. The number of carbonyl (C=O) groups excluding carboxylic acids is 1. The Bertz CT molecular complexity index is 1190. The van der Waals surface area contributed by atoms with E-state index >= 15 is 0 Å². The third-order valence-corrected chi connectivity index (χ3v) is 6.35. The van der Waals surface area contributed by atoms with Gasteiger partial charge in [-0.2, -0.15) is 9.40 Å². The van der Waals surface area contributed by atoms with Crippen molar-refractivity contribution in [2.75, 3.05) is 18.1 Å². The SMILES string of the molecule is CS(=O)(=O)N1CCc2c(cccc2NC(=O)c2cnn(-c3cccc(Cl)c3)c2)C1. The van der Waals surface area contributed by atoms with E-state index in [4.69, 9.17) is 11.6 Å². The zero-order valence-corrected chi connectivity index (χ0v) is 17.2. The van der Waals surface area contributed by atoms with Gasteiger partial charge in [-0.05, 0) is 41.8 Å². The van der Waals surface area contributed by atoms with Crippen LogP contribution in [0.1, 0.15) is 21.5 Å². The number of sulfonamides is 1. The van der Waals surface area contributed by atoms with E-state index < -0.39 is 10.0 Å². The minimum atomic E-state index is -3.25. The standard InChI is InChI=1S/C20H19ClN4O3S/c1-29(27,28)24-9-8-18-14(12-24)4-2-7-19(18)23-20(26)15-11-22-25(13-15)17-6-3-5-16(21)10-17/h2-7,10-11,13H,8-9,12H2,1H3,(H,23,26). The summed E-state index contributed by atoms with van der Waals surface area (Å²) in [4.78, 5) is 12.7. The number of hydrogen-bond acceptors (Lipinski definition) is 4. The highest BCUT2D eigenvalue weighted by atomic mass is 35.5. The van der Waals surface area contributed by atoms with Gasteiger partial charge in [-0.3, -0.25) is 4.79 Å². The van der Waals surface area contributed by atoms with E-state index in [0.29, 0.717) is 35.8 Å². The van der Waals surface area contributed by atoms with Gasteiger partial charge in [-0.15, -0.1) is 0 Å². The number of halogens is 1. The Morgan fingerprint density at radius 3 is 2.76 bits per heavy atom. The Balaban J connectivity index is 1.55. The zero-order chi connectivity index (χ0) is 20.6. The van der Waals surface area contributed by atoms with Crippen LogP contribution in [0.15, 0.2) is 54.9 Å². The maximum Gasteiger partial charge on any atom is 0.258 e. The van der Waals surface area contributed by atoms with E-state index in [2.05, 4.69) is 10.4 Å². The lowest BCUT2D eigenvalue weighted by Crippen LogP contribution is -2.35. The van der Waals surface area contributed by atoms with E-state index in [1.807, 2.05) is 30.3 Å². The molecule has 1 N–H and O–H groups in total. The third-order valence-electron chi connectivity index (χ3n) is 4.87. The molecule has 4 rings (SSSR count). The van der Waals surface area contributed by atoms with Crippen molar-refractivity contribution < 1.29 is 13.2 Å². The molecule has 1 aliphatic rings. The highest BCUT2D eigenvalue weighted by Gasteiger charge is 2.25. The van der Waals surface area contributed by atoms with E-state index in [1.54, 1.807) is 23.0 Å². The molecule has 0 bridgehead atoms. The van der Waals surface area contributed by atoms with Crippen LogP contribution in [0.4, 0.5) is 5.69 Å². The average Bonchev–Trinajstić information content (AvgIpc) is 3.17. The Kier molecular flexibility index (Phi) is 5.16. The summed E-state index contributed by atoms with van der Waals surface area (Å²) in [5.41, 5.74) is 3.72. The van der Waals surface area contributed by atoms with E-state index in [1.165, 1.54) is 16.8 Å². The number of rotatable bonds is 4. The Labute approximate surface area is 174 Å². The van der Waals surface area contributed by atoms with Crippen LogP contribution in [-0.2, 0) is 23.0 Å². The molecule has 150 valence electrons. The van der Waals surface area contributed by atoms with Gasteiger partial charge in [-0.1, -0.05) is 29.8 Å². The summed E-state index contributed by atoms with van der Waals surface area (Å²) in [6.07, 6.45) is 4.89. The van der Waals surface area contributed by atoms with Gasteiger partial charge in [0.2, 0.25) is 10.0 Å². The van der Waals surface area contributed by atoms with Gasteiger partial charge in [0.25, 0.3) is 5.91 Å². The molecule has 29 heavy (non-hydrogen) atoms. The molecule has 0 aliphatic carbocycles. The normalized spacial score (nSPS) is 14.4. The second-order valence-electron chi connectivity index (χ2n) is 6.90. The zero-order valence-electron chi connectivity index (χ0n) is 15.7. The fourth-order valence-corrected chi connectivity index (χ4v) is 4.36. The molecule has 3 aromatic rings. The molecule has 0 spiro atoms. The summed E-state index contributed by atoms with van der Waals surface area (Å²) in [6.45, 7) is 0.704. The lowest BCUT2D eigenvalue weighted by atomic mass is 9.99. The number of nitrogens with zero attached hydrogens (tertiary/aromatic N) is 3. The first kappa shape index (κ1) is 19.6. The molecule has 1 aromatic heterocycles. The molecule has 0 radical (unpaired) electrons. The second kappa shape index (κ2) is 7.62. The third kappa shape index (κ3) is 4.19. The summed E-state index contributed by atoms with van der Waals surface area (Å²) < 4.78 is 26.7. The number of hydrogen-bond donors (Lipinski definition) is 1. The molecule has 0 saturated heterocycles. The Hall–Kier alpha value is -2.68. The molecule has 0 fully saturated rings. The van der Waals surface area contributed by atoms with Crippen molar-refractivity contribution in [3.63, 3.8) is 0 Å². The maximum absolute atomic E-state index is 12.7. The minimum absolute atomic E-state index is 0.280. The fourth-order valence-electron chi connectivity index (χ4n) is 3.38. The van der Waals surface area contributed by atoms with Crippen LogP contribution in [0.2, 0.25) is 5.02 Å². The number of aromatic nitrogens is 2. The smallest absolute Gasteiger partial charge is 0.258 e. The minimum Gasteiger partial charge on any atom is -0.322 e. The molecule has 2 aromatic carbocycles. The average molecular weight is 431 g/mol. The number of anilines is 1. The summed E-state index contributed by atoms with van der Waals surface area (Å²) in [5, 5.41) is 7.75. The predicted octanol–water partition coefficient (Wildman–Crippen LogP) is 3.10. The van der Waals surface area contributed by atoms with Crippen molar-refractivity contribution in [2.24, 2.45) is 0 Å². The van der Waals surface area contributed by atoms with Gasteiger partial charge in [0, 0.05) is 30.0 Å². The molecular formula is C20H19ClN4O3S. The number of carbonyl (C=O) groups is 1. The molecule has 0 unspecified atom stereocenters. The summed E-state index contributed by atoms with van der Waals surface area (Å²) in [5.74, 6) is -0.280. The monoisotopic (exact) mass is 430 g/mol.